The van der Waals surface area contributed by atoms with Crippen LogP contribution in [0.2, 0.25) is 0 Å². The largest absolute Gasteiger partial charge is 0.497 e. The summed E-state index contributed by atoms with van der Waals surface area (Å²) in [6.45, 7) is -0.149. The molecular formula is C17H20BrNO5S2. The average molecular weight is 462 g/mol. The molecule has 26 heavy (non-hydrogen) atoms. The number of nitrogens with zero attached hydrogens (tertiary/aromatic N) is 1. The lowest BCUT2D eigenvalue weighted by molar-refractivity contribution is -0.140. The minimum absolute atomic E-state index is 0.106. The quantitative estimate of drug-likeness (QED) is 0.423. The van der Waals surface area contributed by atoms with Crippen molar-refractivity contribution in [2.24, 2.45) is 0 Å². The Kier molecular flexibility index (Phi) is 7.63. The molecule has 0 aliphatic heterocycles. The molecule has 0 atom stereocenters. The maximum atomic E-state index is 13.0. The summed E-state index contributed by atoms with van der Waals surface area (Å²) >= 11 is 4.99. The Morgan fingerprint density at radius 1 is 1.19 bits per heavy atom. The molecule has 6 nitrogen and oxygen atoms in total. The summed E-state index contributed by atoms with van der Waals surface area (Å²) in [5.74, 6) is -0.0435. The molecular weight excluding hydrogens is 442 g/mol. The summed E-state index contributed by atoms with van der Waals surface area (Å²) in [6.07, 6.45) is 0.519. The zero-order chi connectivity index (χ0) is 19.2. The maximum absolute atomic E-state index is 13.0. The van der Waals surface area contributed by atoms with Crippen LogP contribution in [-0.4, -0.2) is 46.0 Å². The van der Waals surface area contributed by atoms with Gasteiger partial charge in [0.1, 0.15) is 12.3 Å². The smallest absolute Gasteiger partial charge is 0.321 e. The zero-order valence-electron chi connectivity index (χ0n) is 14.5. The number of halogens is 1. The Morgan fingerprint density at radius 2 is 1.88 bits per heavy atom. The number of hydrogen-bond acceptors (Lipinski definition) is 6. The molecule has 0 spiro atoms. The number of ether oxygens (including phenoxy) is 2. The molecule has 2 rings (SSSR count). The first-order valence-corrected chi connectivity index (χ1v) is 11.2. The normalized spacial score (nSPS) is 11.5. The minimum Gasteiger partial charge on any atom is -0.497 e. The van der Waals surface area contributed by atoms with Crippen LogP contribution in [0.1, 0.15) is 10.4 Å². The summed E-state index contributed by atoms with van der Waals surface area (Å²) in [4.78, 5) is 12.9. The number of benzene rings is 1. The predicted molar refractivity (Wildman–Crippen MR) is 104 cm³/mol. The van der Waals surface area contributed by atoms with Gasteiger partial charge >= 0.3 is 5.97 Å². The number of thiophene rings is 1. The third kappa shape index (κ3) is 5.06. The summed E-state index contributed by atoms with van der Waals surface area (Å²) in [7, 11) is -1.09. The van der Waals surface area contributed by atoms with Crippen molar-refractivity contribution in [1.82, 2.24) is 4.31 Å². The molecule has 0 saturated carbocycles. The molecule has 0 fully saturated rings. The fourth-order valence-corrected chi connectivity index (χ4v) is 5.31. The average Bonchev–Trinajstić information content (AvgIpc) is 3.12. The number of carbonyl (C=O) groups excluding carboxylic acids is 1. The molecule has 9 heteroatoms. The number of carbonyl (C=O) groups is 1. The van der Waals surface area contributed by atoms with E-state index in [1.165, 1.54) is 26.4 Å². The van der Waals surface area contributed by atoms with Crippen LogP contribution < -0.4 is 4.74 Å². The van der Waals surface area contributed by atoms with Gasteiger partial charge in [0.15, 0.2) is 0 Å². The lowest BCUT2D eigenvalue weighted by Gasteiger charge is -2.21. The van der Waals surface area contributed by atoms with E-state index in [1.807, 2.05) is 11.4 Å². The SMILES string of the molecule is COC(=O)CN(CCc1sccc1CBr)S(=O)(=O)c1ccc(OC)cc1. The monoisotopic (exact) mass is 461 g/mol. The topological polar surface area (TPSA) is 72.9 Å². The van der Waals surface area contributed by atoms with Crippen LogP contribution in [-0.2, 0) is 31.3 Å². The van der Waals surface area contributed by atoms with Crippen molar-refractivity contribution in [3.8, 4) is 5.75 Å². The molecule has 142 valence electrons. The van der Waals surface area contributed by atoms with Crippen molar-refractivity contribution >= 4 is 43.3 Å². The van der Waals surface area contributed by atoms with Gasteiger partial charge in [0.2, 0.25) is 10.0 Å². The Morgan fingerprint density at radius 3 is 2.46 bits per heavy atom. The van der Waals surface area contributed by atoms with Gasteiger partial charge in [-0.05, 0) is 47.7 Å². The lowest BCUT2D eigenvalue weighted by atomic mass is 10.2. The van der Waals surface area contributed by atoms with Crippen LogP contribution in [0.25, 0.3) is 0 Å². The summed E-state index contributed by atoms with van der Waals surface area (Å²) in [5.41, 5.74) is 1.12. The van der Waals surface area contributed by atoms with Gasteiger partial charge in [-0.25, -0.2) is 8.42 Å². The molecule has 0 amide bonds. The second-order valence-electron chi connectivity index (χ2n) is 5.34. The molecule has 0 unspecified atom stereocenters. The van der Waals surface area contributed by atoms with E-state index < -0.39 is 16.0 Å². The molecule has 0 N–H and O–H groups in total. The van der Waals surface area contributed by atoms with E-state index >= 15 is 0 Å². The first-order chi connectivity index (χ1) is 12.4. The van der Waals surface area contributed by atoms with Gasteiger partial charge in [-0.1, -0.05) is 15.9 Å². The zero-order valence-corrected chi connectivity index (χ0v) is 17.7. The Labute approximate surface area is 165 Å². The Hall–Kier alpha value is -1.42. The highest BCUT2D eigenvalue weighted by molar-refractivity contribution is 9.08. The van der Waals surface area contributed by atoms with Gasteiger partial charge in [0.05, 0.1) is 19.1 Å². The van der Waals surface area contributed by atoms with Crippen LogP contribution in [0.5, 0.6) is 5.75 Å². The predicted octanol–water partition coefficient (Wildman–Crippen LogP) is 3.06. The van der Waals surface area contributed by atoms with Crippen molar-refractivity contribution in [3.05, 3.63) is 46.2 Å². The molecule has 0 radical (unpaired) electrons. The lowest BCUT2D eigenvalue weighted by Crippen LogP contribution is -2.37. The first-order valence-electron chi connectivity index (χ1n) is 7.74. The van der Waals surface area contributed by atoms with Crippen molar-refractivity contribution in [3.63, 3.8) is 0 Å². The summed E-state index contributed by atoms with van der Waals surface area (Å²) in [6, 6.07) is 8.08. The van der Waals surface area contributed by atoms with Crippen molar-refractivity contribution in [2.75, 3.05) is 27.3 Å². The van der Waals surface area contributed by atoms with Crippen molar-refractivity contribution in [1.29, 1.82) is 0 Å². The molecule has 0 saturated heterocycles. The molecule has 2 aromatic rings. The van der Waals surface area contributed by atoms with E-state index in [0.717, 1.165) is 14.7 Å². The van der Waals surface area contributed by atoms with E-state index in [9.17, 15) is 13.2 Å². The second-order valence-corrected chi connectivity index (χ2v) is 8.84. The van der Waals surface area contributed by atoms with Gasteiger partial charge in [-0.3, -0.25) is 4.79 Å². The van der Waals surface area contributed by atoms with Crippen LogP contribution in [0.4, 0.5) is 0 Å². The number of alkyl halides is 1. The van der Waals surface area contributed by atoms with Crippen molar-refractivity contribution in [2.45, 2.75) is 16.6 Å². The Bertz CT molecular complexity index is 833. The van der Waals surface area contributed by atoms with Gasteiger partial charge < -0.3 is 9.47 Å². The molecule has 1 heterocycles. The van der Waals surface area contributed by atoms with E-state index in [2.05, 4.69) is 20.7 Å². The number of sulfonamides is 1. The fourth-order valence-electron chi connectivity index (χ4n) is 2.32. The highest BCUT2D eigenvalue weighted by Crippen LogP contribution is 2.23. The minimum atomic E-state index is -3.83. The number of rotatable bonds is 9. The van der Waals surface area contributed by atoms with Crippen LogP contribution in [0, 0.1) is 0 Å². The second kappa shape index (κ2) is 9.50. The highest BCUT2D eigenvalue weighted by atomic mass is 79.9. The fraction of sp³-hybridized carbons (Fsp3) is 0.353. The summed E-state index contributed by atoms with van der Waals surface area (Å²) in [5, 5.41) is 2.67. The maximum Gasteiger partial charge on any atom is 0.321 e. The standard InChI is InChI=1S/C17H20BrNO5S2/c1-23-14-3-5-15(6-4-14)26(21,22)19(12-17(20)24-2)9-7-16-13(11-18)8-10-25-16/h3-6,8,10H,7,9,11-12H2,1-2H3. The van der Waals surface area contributed by atoms with Crippen LogP contribution in [0.15, 0.2) is 40.6 Å². The molecule has 1 aromatic heterocycles. The van der Waals surface area contributed by atoms with Gasteiger partial charge in [0.25, 0.3) is 0 Å². The first kappa shape index (κ1) is 20.9. The number of hydrogen-bond donors (Lipinski definition) is 0. The van der Waals surface area contributed by atoms with E-state index in [4.69, 9.17) is 4.74 Å². The summed E-state index contributed by atoms with van der Waals surface area (Å²) < 4.78 is 36.8. The third-order valence-corrected chi connectivity index (χ3v) is 7.29. The molecule has 0 aliphatic carbocycles. The van der Waals surface area contributed by atoms with Crippen LogP contribution in [0.3, 0.4) is 0 Å². The third-order valence-electron chi connectivity index (χ3n) is 3.80. The number of esters is 1. The van der Waals surface area contributed by atoms with Crippen molar-refractivity contribution < 1.29 is 22.7 Å². The van der Waals surface area contributed by atoms with E-state index in [-0.39, 0.29) is 18.0 Å². The van der Waals surface area contributed by atoms with E-state index in [1.54, 1.807) is 23.5 Å². The molecule has 0 aliphatic rings. The van der Waals surface area contributed by atoms with Gasteiger partial charge in [-0.15, -0.1) is 11.3 Å². The Balaban J connectivity index is 2.25. The van der Waals surface area contributed by atoms with Gasteiger partial charge in [-0.2, -0.15) is 4.31 Å². The van der Waals surface area contributed by atoms with E-state index in [0.29, 0.717) is 17.5 Å². The molecule has 1 aromatic carbocycles. The van der Waals surface area contributed by atoms with Gasteiger partial charge in [0, 0.05) is 16.8 Å². The number of methoxy groups -OCH3 is 2. The molecule has 0 bridgehead atoms. The van der Waals surface area contributed by atoms with Crippen LogP contribution >= 0.6 is 27.3 Å². The highest BCUT2D eigenvalue weighted by Gasteiger charge is 2.27.